The number of rotatable bonds is 9. The minimum Gasteiger partial charge on any atom is -0.481 e. The van der Waals surface area contributed by atoms with Crippen molar-refractivity contribution in [3.63, 3.8) is 0 Å². The lowest BCUT2D eigenvalue weighted by Crippen LogP contribution is -2.54. The summed E-state index contributed by atoms with van der Waals surface area (Å²) in [6, 6.07) is 6.07. The number of hydrogen-bond acceptors (Lipinski definition) is 7. The van der Waals surface area contributed by atoms with E-state index >= 15 is 0 Å². The highest BCUT2D eigenvalue weighted by Gasteiger charge is 2.34. The van der Waals surface area contributed by atoms with Gasteiger partial charge in [0.25, 0.3) is 5.91 Å². The molecular weight excluding hydrogens is 356 g/mol. The third-order valence-corrected chi connectivity index (χ3v) is 3.49. The van der Waals surface area contributed by atoms with Crippen molar-refractivity contribution in [1.29, 1.82) is 0 Å². The quantitative estimate of drug-likeness (QED) is 0.262. The van der Waals surface area contributed by atoms with Crippen molar-refractivity contribution in [2.75, 3.05) is 6.61 Å². The zero-order chi connectivity index (χ0) is 18.3. The molecule has 0 aromatic heterocycles. The number of halogens is 1. The highest BCUT2D eigenvalue weighted by molar-refractivity contribution is 5.85. The van der Waals surface area contributed by atoms with Crippen LogP contribution in [0.1, 0.15) is 18.0 Å². The summed E-state index contributed by atoms with van der Waals surface area (Å²) < 4.78 is 0. The fourth-order valence-electron chi connectivity index (χ4n) is 2.07. The van der Waals surface area contributed by atoms with Gasteiger partial charge in [0.15, 0.2) is 6.10 Å². The van der Waals surface area contributed by atoms with E-state index in [1.807, 2.05) is 0 Å². The maximum Gasteiger partial charge on any atom is 0.305 e. The smallest absolute Gasteiger partial charge is 0.305 e. The molecule has 0 bridgehead atoms. The molecule has 0 radical (unpaired) electrons. The van der Waals surface area contributed by atoms with Crippen LogP contribution in [0, 0.1) is 0 Å². The lowest BCUT2D eigenvalue weighted by atomic mass is 9.99. The second-order valence-corrected chi connectivity index (χ2v) is 5.34. The summed E-state index contributed by atoms with van der Waals surface area (Å²) in [5, 5.41) is 49.3. The maximum absolute atomic E-state index is 12.0. The zero-order valence-electron chi connectivity index (χ0n) is 13.2. The van der Waals surface area contributed by atoms with Crippen molar-refractivity contribution in [3.8, 4) is 0 Å². The average molecular weight is 379 g/mol. The highest BCUT2D eigenvalue weighted by Crippen LogP contribution is 2.17. The molecule has 142 valence electrons. The molecule has 8 N–H and O–H groups in total. The Balaban J connectivity index is 0.00000576. The first kappa shape index (κ1) is 23.2. The summed E-state index contributed by atoms with van der Waals surface area (Å²) in [7, 11) is 0. The van der Waals surface area contributed by atoms with Gasteiger partial charge in [0.05, 0.1) is 25.1 Å². The Morgan fingerprint density at radius 1 is 1.08 bits per heavy atom. The van der Waals surface area contributed by atoms with E-state index in [1.165, 1.54) is 0 Å². The van der Waals surface area contributed by atoms with Crippen molar-refractivity contribution < 1.29 is 35.1 Å². The Morgan fingerprint density at radius 2 is 1.64 bits per heavy atom. The van der Waals surface area contributed by atoms with Crippen LogP contribution < -0.4 is 11.1 Å². The van der Waals surface area contributed by atoms with E-state index in [2.05, 4.69) is 5.32 Å². The molecule has 1 aromatic carbocycles. The van der Waals surface area contributed by atoms with Gasteiger partial charge < -0.3 is 36.6 Å². The van der Waals surface area contributed by atoms with Crippen LogP contribution in [0.15, 0.2) is 30.3 Å². The molecule has 1 unspecified atom stereocenters. The van der Waals surface area contributed by atoms with Gasteiger partial charge >= 0.3 is 5.97 Å². The third-order valence-electron chi connectivity index (χ3n) is 3.49. The Bertz CT molecular complexity index is 546. The molecule has 0 saturated carbocycles. The molecule has 10 heteroatoms. The van der Waals surface area contributed by atoms with Gasteiger partial charge in [-0.15, -0.1) is 12.4 Å². The predicted molar refractivity (Wildman–Crippen MR) is 89.9 cm³/mol. The van der Waals surface area contributed by atoms with E-state index in [4.69, 9.17) is 15.9 Å². The Morgan fingerprint density at radius 3 is 2.12 bits per heavy atom. The van der Waals surface area contributed by atoms with Crippen LogP contribution in [-0.2, 0) is 9.59 Å². The number of nitrogens with one attached hydrogen (secondary N) is 1. The number of carboxylic acid groups (broad SMARTS) is 1. The number of carbonyl (C=O) groups excluding carboxylic acids is 1. The van der Waals surface area contributed by atoms with Crippen molar-refractivity contribution in [1.82, 2.24) is 5.32 Å². The predicted octanol–water partition coefficient (Wildman–Crippen LogP) is -1.86. The average Bonchev–Trinajstić information content (AvgIpc) is 2.58. The molecule has 1 rings (SSSR count). The van der Waals surface area contributed by atoms with Crippen molar-refractivity contribution in [2.45, 2.75) is 36.8 Å². The lowest BCUT2D eigenvalue weighted by molar-refractivity contribution is -0.143. The molecule has 0 fully saturated rings. The number of aliphatic hydroxyl groups is 4. The van der Waals surface area contributed by atoms with Gasteiger partial charge in [0.1, 0.15) is 12.2 Å². The molecule has 9 nitrogen and oxygen atoms in total. The van der Waals surface area contributed by atoms with Gasteiger partial charge in [-0.05, 0) is 5.56 Å². The van der Waals surface area contributed by atoms with Gasteiger partial charge in [-0.25, -0.2) is 0 Å². The third kappa shape index (κ3) is 6.94. The van der Waals surface area contributed by atoms with Crippen LogP contribution in [0.2, 0.25) is 0 Å². The minimum atomic E-state index is -2.04. The number of benzene rings is 1. The zero-order valence-corrected chi connectivity index (χ0v) is 14.0. The normalized spacial score (nSPS) is 16.7. The van der Waals surface area contributed by atoms with E-state index in [1.54, 1.807) is 30.3 Å². The van der Waals surface area contributed by atoms with Gasteiger partial charge in [-0.2, -0.15) is 0 Å². The number of hydrogen-bond donors (Lipinski definition) is 7. The van der Waals surface area contributed by atoms with Gasteiger partial charge in [-0.1, -0.05) is 30.3 Å². The second-order valence-electron chi connectivity index (χ2n) is 5.34. The van der Waals surface area contributed by atoms with Crippen molar-refractivity contribution in [2.24, 2.45) is 5.73 Å². The molecule has 0 saturated heterocycles. The van der Waals surface area contributed by atoms with E-state index in [0.29, 0.717) is 5.56 Å². The molecule has 5 atom stereocenters. The molecule has 1 amide bonds. The van der Waals surface area contributed by atoms with E-state index < -0.39 is 55.3 Å². The maximum atomic E-state index is 12.0. The summed E-state index contributed by atoms with van der Waals surface area (Å²) >= 11 is 0. The first-order valence-corrected chi connectivity index (χ1v) is 7.25. The largest absolute Gasteiger partial charge is 0.481 e. The first-order chi connectivity index (χ1) is 11.3. The van der Waals surface area contributed by atoms with E-state index in [9.17, 15) is 24.9 Å². The van der Waals surface area contributed by atoms with Gasteiger partial charge in [0, 0.05) is 0 Å². The van der Waals surface area contributed by atoms with Gasteiger partial charge in [-0.3, -0.25) is 9.59 Å². The topological polar surface area (TPSA) is 173 Å². The molecule has 25 heavy (non-hydrogen) atoms. The van der Waals surface area contributed by atoms with Crippen LogP contribution in [0.4, 0.5) is 0 Å². The highest BCUT2D eigenvalue weighted by atomic mass is 35.5. The first-order valence-electron chi connectivity index (χ1n) is 7.25. The van der Waals surface area contributed by atoms with Crippen LogP contribution in [0.25, 0.3) is 0 Å². The summed E-state index contributed by atoms with van der Waals surface area (Å²) in [6.07, 6.45) is -6.14. The molecule has 0 aliphatic carbocycles. The molecule has 0 aliphatic heterocycles. The number of amides is 1. The molecular formula is C15H23ClN2O7. The van der Waals surface area contributed by atoms with E-state index in [0.717, 1.165) is 0 Å². The Kier molecular flexibility index (Phi) is 10.2. The minimum absolute atomic E-state index is 0. The number of aliphatic hydroxyl groups excluding tert-OH is 4. The van der Waals surface area contributed by atoms with E-state index in [-0.39, 0.29) is 12.4 Å². The summed E-state index contributed by atoms with van der Waals surface area (Å²) in [5.74, 6) is -2.23. The lowest BCUT2D eigenvalue weighted by Gasteiger charge is -2.27. The molecule has 0 spiro atoms. The fraction of sp³-hybridized carbons (Fsp3) is 0.467. The van der Waals surface area contributed by atoms with Crippen molar-refractivity contribution >= 4 is 24.3 Å². The monoisotopic (exact) mass is 378 g/mol. The van der Waals surface area contributed by atoms with Crippen LogP contribution >= 0.6 is 12.4 Å². The summed E-state index contributed by atoms with van der Waals surface area (Å²) in [5.41, 5.74) is 5.84. The van der Waals surface area contributed by atoms with Crippen molar-refractivity contribution in [3.05, 3.63) is 35.9 Å². The standard InChI is InChI=1S/C15H22N2O7.ClH/c16-9(7-18)12(21)13(22)14(23)15(24)17-10(6-11(19)20)8-4-2-1-3-5-8;/h1-5,9-10,12-14,18,21-23H,6-7,16H2,(H,17,24)(H,19,20);1H/t9-,10?,12+,13+,14-;/m0./s1. The Hall–Kier alpha value is -1.75. The van der Waals surface area contributed by atoms with Gasteiger partial charge in [0.2, 0.25) is 0 Å². The molecule has 0 aliphatic rings. The SMILES string of the molecule is Cl.N[C@@H](CO)[C@@H](O)[C@@H](O)[C@H](O)C(=O)NC(CC(=O)O)c1ccccc1. The van der Waals surface area contributed by atoms with Crippen LogP contribution in [0.5, 0.6) is 0 Å². The second kappa shape index (κ2) is 11.0. The number of carbonyl (C=O) groups is 2. The fourth-order valence-corrected chi connectivity index (χ4v) is 2.07. The Labute approximate surface area is 150 Å². The number of aliphatic carboxylic acids is 1. The summed E-state index contributed by atoms with van der Waals surface area (Å²) in [6.45, 7) is -0.655. The summed E-state index contributed by atoms with van der Waals surface area (Å²) in [4.78, 5) is 23.0. The van der Waals surface area contributed by atoms with Crippen LogP contribution in [0.3, 0.4) is 0 Å². The number of nitrogens with two attached hydrogens (primary N) is 1. The van der Waals surface area contributed by atoms with Crippen LogP contribution in [-0.4, -0.2) is 68.4 Å². The number of carboxylic acids is 1. The molecule has 1 aromatic rings. The molecule has 0 heterocycles.